The van der Waals surface area contributed by atoms with Gasteiger partial charge in [-0.3, -0.25) is 0 Å². The van der Waals surface area contributed by atoms with Crippen LogP contribution in [0.4, 0.5) is 0 Å². The lowest BCUT2D eigenvalue weighted by atomic mass is 9.59. The Hall–Kier alpha value is -6.45. The topological polar surface area (TPSA) is 38.7 Å². The van der Waals surface area contributed by atoms with Gasteiger partial charge in [0, 0.05) is 16.7 Å². The first-order valence-electron chi connectivity index (χ1n) is 20.5. The van der Waals surface area contributed by atoms with Gasteiger partial charge in [-0.1, -0.05) is 211 Å². The highest BCUT2D eigenvalue weighted by Gasteiger charge is 2.56. The molecule has 0 saturated carbocycles. The Kier molecular flexibility index (Phi) is 8.08. The van der Waals surface area contributed by atoms with Crippen LogP contribution in [0.25, 0.3) is 56.4 Å². The Balaban J connectivity index is 1.18. The number of hydrogen-bond acceptors (Lipinski definition) is 3. The largest absolute Gasteiger partial charge is 0.208 e. The molecule has 1 aromatic heterocycles. The summed E-state index contributed by atoms with van der Waals surface area (Å²) in [6, 6.07) is 63.4. The third-order valence-corrected chi connectivity index (χ3v) is 14.3. The molecule has 2 aliphatic rings. The fourth-order valence-electron chi connectivity index (χ4n) is 10.1. The highest BCUT2D eigenvalue weighted by molar-refractivity contribution is 5.94. The van der Waals surface area contributed by atoms with Crippen molar-refractivity contribution in [3.63, 3.8) is 0 Å². The summed E-state index contributed by atoms with van der Waals surface area (Å²) < 4.78 is 0. The average Bonchev–Trinajstić information content (AvgIpc) is 3.63. The van der Waals surface area contributed by atoms with E-state index < -0.39 is 5.41 Å². The molecule has 3 nitrogen and oxygen atoms in total. The van der Waals surface area contributed by atoms with Crippen LogP contribution in [-0.2, 0) is 16.2 Å². The first-order valence-corrected chi connectivity index (χ1v) is 20.5. The van der Waals surface area contributed by atoms with Gasteiger partial charge >= 0.3 is 0 Å². The Morgan fingerprint density at radius 2 is 0.810 bits per heavy atom. The first kappa shape index (κ1) is 35.9. The van der Waals surface area contributed by atoms with Crippen LogP contribution in [0.15, 0.2) is 176 Å². The van der Waals surface area contributed by atoms with Crippen molar-refractivity contribution in [2.75, 3.05) is 0 Å². The minimum absolute atomic E-state index is 0.0142. The smallest absolute Gasteiger partial charge is 0.164 e. The van der Waals surface area contributed by atoms with E-state index in [1.54, 1.807) is 0 Å². The lowest BCUT2D eigenvalue weighted by Crippen LogP contribution is -2.42. The summed E-state index contributed by atoms with van der Waals surface area (Å²) in [5, 5.41) is 0. The highest BCUT2D eigenvalue weighted by Crippen LogP contribution is 2.62. The van der Waals surface area contributed by atoms with E-state index in [-0.39, 0.29) is 16.2 Å². The summed E-state index contributed by atoms with van der Waals surface area (Å²) in [5.41, 5.74) is 15.0. The lowest BCUT2D eigenvalue weighted by molar-refractivity contribution is 0.125. The van der Waals surface area contributed by atoms with E-state index in [4.69, 9.17) is 15.0 Å². The SMILES string of the molecule is CC1(C)c2ccc(-c3cccc(-c4nc(-c5ccccc5)nc(-c5cccc6c5-c5ccccc5C6(c5ccccc5)c5ccccc5)n4)c3)cc2C(C)(C)C1(C)C. The van der Waals surface area contributed by atoms with Gasteiger partial charge in [-0.15, -0.1) is 0 Å². The van der Waals surface area contributed by atoms with Gasteiger partial charge < -0.3 is 0 Å². The molecule has 0 spiro atoms. The van der Waals surface area contributed by atoms with E-state index in [0.717, 1.165) is 27.8 Å². The zero-order valence-electron chi connectivity index (χ0n) is 34.1. The third-order valence-electron chi connectivity index (χ3n) is 14.3. The molecule has 0 fully saturated rings. The van der Waals surface area contributed by atoms with E-state index in [1.165, 1.54) is 44.5 Å². The number of aromatic nitrogens is 3. The Labute approximate surface area is 342 Å². The van der Waals surface area contributed by atoms with Gasteiger partial charge in [0.15, 0.2) is 17.5 Å². The summed E-state index contributed by atoms with van der Waals surface area (Å²) in [7, 11) is 0. The lowest BCUT2D eigenvalue weighted by Gasteiger charge is -2.44. The normalized spacial score (nSPS) is 16.3. The number of fused-ring (bicyclic) bond motifs is 4. The second-order valence-electron chi connectivity index (χ2n) is 17.6. The first-order chi connectivity index (χ1) is 28.0. The van der Waals surface area contributed by atoms with Gasteiger partial charge in [0.1, 0.15) is 0 Å². The molecule has 10 rings (SSSR count). The zero-order valence-corrected chi connectivity index (χ0v) is 34.1. The van der Waals surface area contributed by atoms with Gasteiger partial charge in [-0.25, -0.2) is 15.0 Å². The summed E-state index contributed by atoms with van der Waals surface area (Å²) in [5.74, 6) is 1.95. The maximum Gasteiger partial charge on any atom is 0.164 e. The Morgan fingerprint density at radius 3 is 1.50 bits per heavy atom. The quantitative estimate of drug-likeness (QED) is 0.170. The summed E-state index contributed by atoms with van der Waals surface area (Å²) in [6.45, 7) is 14.4. The minimum Gasteiger partial charge on any atom is -0.208 e. The van der Waals surface area contributed by atoms with Crippen molar-refractivity contribution in [3.8, 4) is 56.4 Å². The summed E-state index contributed by atoms with van der Waals surface area (Å²) in [4.78, 5) is 15.9. The van der Waals surface area contributed by atoms with Crippen LogP contribution < -0.4 is 0 Å². The van der Waals surface area contributed by atoms with Crippen molar-refractivity contribution < 1.29 is 0 Å². The standard InChI is InChI=1S/C55H47N3/c1-52(2)45-33-32-38(35-47(45)53(3,4)54(52,5)6)37-22-18-23-39(34-37)50-56-49(36-20-10-7-11-21-36)57-51(58-50)43-29-19-31-46-48(43)42-28-16-17-30-44(42)55(46,40-24-12-8-13-25-40)41-26-14-9-15-27-41/h7-35H,1-6H3. The molecule has 0 unspecified atom stereocenters. The van der Waals surface area contributed by atoms with Crippen molar-refractivity contribution in [2.45, 2.75) is 57.8 Å². The van der Waals surface area contributed by atoms with E-state index in [2.05, 4.69) is 199 Å². The van der Waals surface area contributed by atoms with Crippen LogP contribution in [-0.4, -0.2) is 15.0 Å². The van der Waals surface area contributed by atoms with Crippen molar-refractivity contribution in [2.24, 2.45) is 5.41 Å². The molecule has 3 heteroatoms. The van der Waals surface area contributed by atoms with E-state index >= 15 is 0 Å². The van der Waals surface area contributed by atoms with Crippen LogP contribution in [0, 0.1) is 5.41 Å². The molecule has 1 heterocycles. The van der Waals surface area contributed by atoms with Gasteiger partial charge in [0.2, 0.25) is 0 Å². The van der Waals surface area contributed by atoms with Crippen molar-refractivity contribution in [1.82, 2.24) is 15.0 Å². The molecule has 282 valence electrons. The number of benzene rings is 7. The summed E-state index contributed by atoms with van der Waals surface area (Å²) >= 11 is 0. The van der Waals surface area contributed by atoms with Gasteiger partial charge in [0.05, 0.1) is 5.41 Å². The number of nitrogens with zero attached hydrogens (tertiary/aromatic N) is 3. The molecule has 0 aliphatic heterocycles. The highest BCUT2D eigenvalue weighted by atomic mass is 15.0. The van der Waals surface area contributed by atoms with E-state index in [1.807, 2.05) is 18.2 Å². The van der Waals surface area contributed by atoms with Crippen LogP contribution in [0.3, 0.4) is 0 Å². The van der Waals surface area contributed by atoms with Crippen LogP contribution in [0.1, 0.15) is 74.9 Å². The molecule has 0 bridgehead atoms. The molecule has 0 radical (unpaired) electrons. The molecule has 0 N–H and O–H groups in total. The van der Waals surface area contributed by atoms with Crippen molar-refractivity contribution >= 4 is 0 Å². The summed E-state index contributed by atoms with van der Waals surface area (Å²) in [6.07, 6.45) is 0. The molecule has 0 amide bonds. The van der Waals surface area contributed by atoms with Crippen LogP contribution >= 0.6 is 0 Å². The second kappa shape index (κ2) is 13.0. The van der Waals surface area contributed by atoms with Gasteiger partial charge in [-0.2, -0.15) is 0 Å². The predicted octanol–water partition coefficient (Wildman–Crippen LogP) is 13.5. The fraction of sp³-hybridized carbons (Fsp3) is 0.182. The van der Waals surface area contributed by atoms with Gasteiger partial charge in [-0.05, 0) is 77.9 Å². The minimum atomic E-state index is -0.522. The average molecular weight is 750 g/mol. The van der Waals surface area contributed by atoms with E-state index in [0.29, 0.717) is 17.5 Å². The maximum absolute atomic E-state index is 5.37. The molecule has 0 saturated heterocycles. The van der Waals surface area contributed by atoms with Crippen molar-refractivity contribution in [3.05, 3.63) is 209 Å². The molecule has 58 heavy (non-hydrogen) atoms. The van der Waals surface area contributed by atoms with E-state index in [9.17, 15) is 0 Å². The molecule has 0 atom stereocenters. The fourth-order valence-corrected chi connectivity index (χ4v) is 10.1. The maximum atomic E-state index is 5.37. The molecule has 7 aromatic carbocycles. The monoisotopic (exact) mass is 749 g/mol. The number of hydrogen-bond donors (Lipinski definition) is 0. The van der Waals surface area contributed by atoms with Crippen molar-refractivity contribution in [1.29, 1.82) is 0 Å². The van der Waals surface area contributed by atoms with Crippen LogP contribution in [0.5, 0.6) is 0 Å². The van der Waals surface area contributed by atoms with Gasteiger partial charge in [0.25, 0.3) is 0 Å². The zero-order chi connectivity index (χ0) is 39.9. The Bertz CT molecular complexity index is 2810. The predicted molar refractivity (Wildman–Crippen MR) is 239 cm³/mol. The molecular weight excluding hydrogens is 703 g/mol. The van der Waals surface area contributed by atoms with Crippen LogP contribution in [0.2, 0.25) is 0 Å². The molecule has 8 aromatic rings. The second-order valence-corrected chi connectivity index (χ2v) is 17.6. The third kappa shape index (κ3) is 5.09. The molecular formula is C55H47N3. The Morgan fingerprint density at radius 1 is 0.328 bits per heavy atom. The number of rotatable bonds is 6. The molecule has 2 aliphatic carbocycles.